The van der Waals surface area contributed by atoms with Gasteiger partial charge in [0.2, 0.25) is 0 Å². The fourth-order valence-electron chi connectivity index (χ4n) is 0.930. The highest BCUT2D eigenvalue weighted by atomic mass is 15.3. The van der Waals surface area contributed by atoms with Crippen LogP contribution in [-0.4, -0.2) is 24.5 Å². The van der Waals surface area contributed by atoms with Crippen molar-refractivity contribution in [2.75, 3.05) is 13.6 Å². The van der Waals surface area contributed by atoms with Gasteiger partial charge in [0.25, 0.3) is 0 Å². The summed E-state index contributed by atoms with van der Waals surface area (Å²) in [4.78, 5) is 2.38. The lowest BCUT2D eigenvalue weighted by Gasteiger charge is -1.88. The summed E-state index contributed by atoms with van der Waals surface area (Å²) in [6.45, 7) is 3.58. The van der Waals surface area contributed by atoms with Crippen LogP contribution in [0.5, 0.6) is 0 Å². The van der Waals surface area contributed by atoms with E-state index in [-0.39, 0.29) is 0 Å². The third-order valence-electron chi connectivity index (χ3n) is 1.61. The van der Waals surface area contributed by atoms with Gasteiger partial charge in [0.05, 0.1) is 0 Å². The molecule has 1 rings (SSSR count). The van der Waals surface area contributed by atoms with Gasteiger partial charge in [0, 0.05) is 12.6 Å². The minimum Gasteiger partial charge on any atom is -0.301 e. The van der Waals surface area contributed by atoms with Crippen LogP contribution in [0.25, 0.3) is 0 Å². The summed E-state index contributed by atoms with van der Waals surface area (Å²) in [6, 6.07) is 0.949. The van der Waals surface area contributed by atoms with Crippen molar-refractivity contribution in [2.24, 2.45) is 0 Å². The molecule has 1 nitrogen and oxygen atoms in total. The maximum Gasteiger partial charge on any atom is 0.0220 e. The molecule has 0 aromatic heterocycles. The van der Waals surface area contributed by atoms with E-state index in [9.17, 15) is 0 Å². The van der Waals surface area contributed by atoms with Crippen molar-refractivity contribution < 1.29 is 0 Å². The minimum atomic E-state index is 0.949. The van der Waals surface area contributed by atoms with Gasteiger partial charge in [-0.25, -0.2) is 0 Å². The van der Waals surface area contributed by atoms with E-state index in [1.165, 1.54) is 19.4 Å². The van der Waals surface area contributed by atoms with Crippen LogP contribution in [0.15, 0.2) is 0 Å². The van der Waals surface area contributed by atoms with Crippen molar-refractivity contribution in [3.05, 3.63) is 0 Å². The van der Waals surface area contributed by atoms with Crippen LogP contribution in [0.3, 0.4) is 0 Å². The molecule has 42 valence electrons. The Morgan fingerprint density at radius 3 is 2.43 bits per heavy atom. The van der Waals surface area contributed by atoms with Crippen LogP contribution in [0.4, 0.5) is 0 Å². The van der Waals surface area contributed by atoms with Gasteiger partial charge in [-0.2, -0.15) is 0 Å². The van der Waals surface area contributed by atoms with E-state index in [0.29, 0.717) is 0 Å². The zero-order valence-electron chi connectivity index (χ0n) is 5.15. The molecule has 1 saturated heterocycles. The first-order valence-corrected chi connectivity index (χ1v) is 3.05. The monoisotopic (exact) mass is 99.1 g/mol. The number of likely N-dealkylation sites (N-methyl/N-ethyl adjacent to an activating group) is 1. The lowest BCUT2D eigenvalue weighted by atomic mass is 10.3. The standard InChI is InChI=1S/C6H13N/c1-3-4-6-5-7(6)2/h6H,3-5H2,1-2H3. The van der Waals surface area contributed by atoms with E-state index < -0.39 is 0 Å². The summed E-state index contributed by atoms with van der Waals surface area (Å²) in [6.07, 6.45) is 2.74. The molecule has 0 bridgehead atoms. The predicted molar refractivity (Wildman–Crippen MR) is 31.3 cm³/mol. The number of nitrogens with zero attached hydrogens (tertiary/aromatic N) is 1. The maximum absolute atomic E-state index is 2.38. The molecular weight excluding hydrogens is 86.1 g/mol. The van der Waals surface area contributed by atoms with E-state index >= 15 is 0 Å². The zero-order chi connectivity index (χ0) is 5.28. The topological polar surface area (TPSA) is 3.01 Å². The molecule has 1 heterocycles. The second-order valence-electron chi connectivity index (χ2n) is 2.38. The van der Waals surface area contributed by atoms with Crippen LogP contribution in [-0.2, 0) is 0 Å². The van der Waals surface area contributed by atoms with Gasteiger partial charge in [-0.15, -0.1) is 0 Å². The molecule has 1 aliphatic heterocycles. The molecule has 0 spiro atoms. The van der Waals surface area contributed by atoms with Crippen LogP contribution in [0.2, 0.25) is 0 Å². The maximum atomic E-state index is 2.38. The number of hydrogen-bond acceptors (Lipinski definition) is 1. The van der Waals surface area contributed by atoms with Crippen LogP contribution < -0.4 is 0 Å². The van der Waals surface area contributed by atoms with Crippen molar-refractivity contribution in [1.29, 1.82) is 0 Å². The van der Waals surface area contributed by atoms with E-state index in [1.54, 1.807) is 0 Å². The van der Waals surface area contributed by atoms with E-state index in [2.05, 4.69) is 18.9 Å². The van der Waals surface area contributed by atoms with Crippen LogP contribution in [0, 0.1) is 0 Å². The molecule has 2 unspecified atom stereocenters. The Balaban J connectivity index is 1.98. The highest BCUT2D eigenvalue weighted by molar-refractivity contribution is 4.84. The molecule has 0 aromatic carbocycles. The zero-order valence-corrected chi connectivity index (χ0v) is 5.15. The van der Waals surface area contributed by atoms with E-state index in [4.69, 9.17) is 0 Å². The predicted octanol–water partition coefficient (Wildman–Crippen LogP) is 1.10. The molecule has 0 aromatic rings. The van der Waals surface area contributed by atoms with Crippen LogP contribution >= 0.6 is 0 Å². The summed E-state index contributed by atoms with van der Waals surface area (Å²) in [5.41, 5.74) is 0. The van der Waals surface area contributed by atoms with Crippen molar-refractivity contribution in [1.82, 2.24) is 4.90 Å². The first-order valence-electron chi connectivity index (χ1n) is 3.05. The van der Waals surface area contributed by atoms with Crippen molar-refractivity contribution in [3.8, 4) is 0 Å². The summed E-state index contributed by atoms with van der Waals surface area (Å²) in [5.74, 6) is 0. The lowest BCUT2D eigenvalue weighted by Crippen LogP contribution is -1.91. The van der Waals surface area contributed by atoms with Gasteiger partial charge in [0.15, 0.2) is 0 Å². The molecule has 2 atom stereocenters. The van der Waals surface area contributed by atoms with Crippen molar-refractivity contribution in [3.63, 3.8) is 0 Å². The highest BCUT2D eigenvalue weighted by Gasteiger charge is 2.27. The molecule has 1 aliphatic rings. The molecule has 0 saturated carbocycles. The summed E-state index contributed by atoms with van der Waals surface area (Å²) < 4.78 is 0. The quantitative estimate of drug-likeness (QED) is 0.468. The summed E-state index contributed by atoms with van der Waals surface area (Å²) in [5, 5.41) is 0. The summed E-state index contributed by atoms with van der Waals surface area (Å²) in [7, 11) is 2.18. The SMILES string of the molecule is CCCC1CN1C. The first-order chi connectivity index (χ1) is 3.34. The highest BCUT2D eigenvalue weighted by Crippen LogP contribution is 2.17. The molecule has 1 fully saturated rings. The average molecular weight is 99.2 g/mol. The summed E-state index contributed by atoms with van der Waals surface area (Å²) >= 11 is 0. The van der Waals surface area contributed by atoms with Crippen molar-refractivity contribution in [2.45, 2.75) is 25.8 Å². The van der Waals surface area contributed by atoms with Gasteiger partial charge in [-0.3, -0.25) is 0 Å². The smallest absolute Gasteiger partial charge is 0.0220 e. The number of rotatable bonds is 2. The largest absolute Gasteiger partial charge is 0.301 e. The second-order valence-corrected chi connectivity index (χ2v) is 2.38. The van der Waals surface area contributed by atoms with E-state index in [1.807, 2.05) is 0 Å². The van der Waals surface area contributed by atoms with Gasteiger partial charge in [-0.05, 0) is 13.5 Å². The van der Waals surface area contributed by atoms with E-state index in [0.717, 1.165) is 6.04 Å². The Labute approximate surface area is 45.3 Å². The molecule has 0 aliphatic carbocycles. The van der Waals surface area contributed by atoms with Gasteiger partial charge >= 0.3 is 0 Å². The molecule has 1 heteroatoms. The fourth-order valence-corrected chi connectivity index (χ4v) is 0.930. The molecule has 0 amide bonds. The Bertz CT molecular complexity index is 61.2. The molecule has 7 heavy (non-hydrogen) atoms. The minimum absolute atomic E-state index is 0.949. The number of hydrogen-bond donors (Lipinski definition) is 0. The Morgan fingerprint density at radius 1 is 1.71 bits per heavy atom. The third kappa shape index (κ3) is 1.16. The Kier molecular flexibility index (Phi) is 1.33. The normalized spacial score (nSPS) is 38.6. The third-order valence-corrected chi connectivity index (χ3v) is 1.61. The first kappa shape index (κ1) is 5.10. The fraction of sp³-hybridized carbons (Fsp3) is 1.00. The Hall–Kier alpha value is -0.0400. The molecular formula is C6H13N. The molecule has 0 radical (unpaired) electrons. The van der Waals surface area contributed by atoms with Gasteiger partial charge in [0.1, 0.15) is 0 Å². The Morgan fingerprint density at radius 2 is 2.29 bits per heavy atom. The average Bonchev–Trinajstić information content (AvgIpc) is 2.22. The van der Waals surface area contributed by atoms with Gasteiger partial charge < -0.3 is 4.90 Å². The lowest BCUT2D eigenvalue weighted by molar-refractivity contribution is 0.581. The van der Waals surface area contributed by atoms with Crippen molar-refractivity contribution >= 4 is 0 Å². The molecule has 0 N–H and O–H groups in total. The van der Waals surface area contributed by atoms with Crippen LogP contribution in [0.1, 0.15) is 19.8 Å². The second kappa shape index (κ2) is 1.83. The van der Waals surface area contributed by atoms with Gasteiger partial charge in [-0.1, -0.05) is 13.3 Å².